The van der Waals surface area contributed by atoms with Crippen LogP contribution in [0.15, 0.2) is 18.2 Å². The van der Waals surface area contributed by atoms with Gasteiger partial charge in [0.25, 0.3) is 0 Å². The Morgan fingerprint density at radius 1 is 1.35 bits per heavy atom. The minimum atomic E-state index is 0.764. The summed E-state index contributed by atoms with van der Waals surface area (Å²) in [5.74, 6) is 0.852. The SMILES string of the molecule is Cc1cc(C=O)ccc1N(C)CC1CCCC1. The molecule has 2 rings (SSSR count). The summed E-state index contributed by atoms with van der Waals surface area (Å²) in [5, 5.41) is 0. The third-order valence-corrected chi connectivity index (χ3v) is 3.77. The van der Waals surface area contributed by atoms with E-state index in [1.165, 1.54) is 36.9 Å². The number of aryl methyl sites for hydroxylation is 1. The lowest BCUT2D eigenvalue weighted by Crippen LogP contribution is -2.24. The summed E-state index contributed by atoms with van der Waals surface area (Å²) in [5.41, 5.74) is 3.21. The second kappa shape index (κ2) is 5.35. The fourth-order valence-electron chi connectivity index (χ4n) is 2.86. The maximum absolute atomic E-state index is 10.7. The molecule has 1 aromatic rings. The Morgan fingerprint density at radius 3 is 2.65 bits per heavy atom. The van der Waals surface area contributed by atoms with Gasteiger partial charge in [0, 0.05) is 24.8 Å². The Balaban J connectivity index is 2.07. The average Bonchev–Trinajstić information content (AvgIpc) is 2.81. The van der Waals surface area contributed by atoms with Gasteiger partial charge in [-0.25, -0.2) is 0 Å². The Morgan fingerprint density at radius 2 is 2.06 bits per heavy atom. The normalized spacial score (nSPS) is 16.1. The molecule has 0 amide bonds. The molecule has 2 heteroatoms. The van der Waals surface area contributed by atoms with Crippen LogP contribution in [0.2, 0.25) is 0 Å². The number of nitrogens with zero attached hydrogens (tertiary/aromatic N) is 1. The molecule has 1 saturated carbocycles. The van der Waals surface area contributed by atoms with E-state index in [-0.39, 0.29) is 0 Å². The van der Waals surface area contributed by atoms with E-state index in [1.54, 1.807) is 0 Å². The highest BCUT2D eigenvalue weighted by Crippen LogP contribution is 2.28. The van der Waals surface area contributed by atoms with E-state index in [1.807, 2.05) is 12.1 Å². The van der Waals surface area contributed by atoms with Gasteiger partial charge in [0.05, 0.1) is 0 Å². The van der Waals surface area contributed by atoms with Gasteiger partial charge in [-0.05, 0) is 49.4 Å². The number of hydrogen-bond donors (Lipinski definition) is 0. The van der Waals surface area contributed by atoms with Gasteiger partial charge in [0.1, 0.15) is 6.29 Å². The first-order valence-corrected chi connectivity index (χ1v) is 6.47. The first kappa shape index (κ1) is 12.2. The van der Waals surface area contributed by atoms with Crippen molar-refractivity contribution < 1.29 is 4.79 Å². The van der Waals surface area contributed by atoms with E-state index in [0.717, 1.165) is 24.3 Å². The number of hydrogen-bond acceptors (Lipinski definition) is 2. The van der Waals surface area contributed by atoms with Crippen LogP contribution >= 0.6 is 0 Å². The van der Waals surface area contributed by atoms with E-state index in [2.05, 4.69) is 24.9 Å². The fraction of sp³-hybridized carbons (Fsp3) is 0.533. The standard InChI is InChI=1S/C15H21NO/c1-12-9-14(11-17)7-8-15(12)16(2)10-13-5-3-4-6-13/h7-9,11,13H,3-6,10H2,1-2H3. The van der Waals surface area contributed by atoms with Crippen molar-refractivity contribution in [3.8, 4) is 0 Å². The molecule has 0 saturated heterocycles. The zero-order chi connectivity index (χ0) is 12.3. The van der Waals surface area contributed by atoms with Crippen LogP contribution < -0.4 is 4.90 Å². The molecule has 1 aromatic carbocycles. The van der Waals surface area contributed by atoms with Crippen molar-refractivity contribution in [3.63, 3.8) is 0 Å². The Labute approximate surface area is 104 Å². The Hall–Kier alpha value is -1.31. The van der Waals surface area contributed by atoms with Gasteiger partial charge in [-0.15, -0.1) is 0 Å². The van der Waals surface area contributed by atoms with Crippen molar-refractivity contribution in [1.29, 1.82) is 0 Å². The molecule has 92 valence electrons. The highest BCUT2D eigenvalue weighted by Gasteiger charge is 2.17. The summed E-state index contributed by atoms with van der Waals surface area (Å²) in [4.78, 5) is 13.0. The molecule has 0 spiro atoms. The van der Waals surface area contributed by atoms with Crippen LogP contribution in [0.25, 0.3) is 0 Å². The Kier molecular flexibility index (Phi) is 3.82. The molecule has 1 aliphatic rings. The minimum absolute atomic E-state index is 0.764. The Bertz CT molecular complexity index is 394. The van der Waals surface area contributed by atoms with Crippen LogP contribution in [0.4, 0.5) is 5.69 Å². The number of carbonyl (C=O) groups excluding carboxylic acids is 1. The molecule has 0 radical (unpaired) electrons. The quantitative estimate of drug-likeness (QED) is 0.740. The number of carbonyl (C=O) groups is 1. The van der Waals surface area contributed by atoms with Crippen molar-refractivity contribution in [3.05, 3.63) is 29.3 Å². The maximum atomic E-state index is 10.7. The lowest BCUT2D eigenvalue weighted by molar-refractivity contribution is 0.112. The van der Waals surface area contributed by atoms with E-state index in [9.17, 15) is 4.79 Å². The fourth-order valence-corrected chi connectivity index (χ4v) is 2.86. The molecule has 0 aliphatic heterocycles. The second-order valence-corrected chi connectivity index (χ2v) is 5.19. The van der Waals surface area contributed by atoms with Crippen molar-refractivity contribution in [1.82, 2.24) is 0 Å². The van der Waals surface area contributed by atoms with Crippen molar-refractivity contribution in [2.45, 2.75) is 32.6 Å². The average molecular weight is 231 g/mol. The van der Waals surface area contributed by atoms with E-state index >= 15 is 0 Å². The predicted molar refractivity (Wildman–Crippen MR) is 71.8 cm³/mol. The van der Waals surface area contributed by atoms with Crippen molar-refractivity contribution in [2.75, 3.05) is 18.5 Å². The van der Waals surface area contributed by atoms with Gasteiger partial charge in [-0.1, -0.05) is 12.8 Å². The molecule has 0 heterocycles. The van der Waals surface area contributed by atoms with Crippen molar-refractivity contribution in [2.24, 2.45) is 5.92 Å². The van der Waals surface area contributed by atoms with Gasteiger partial charge >= 0.3 is 0 Å². The summed E-state index contributed by atoms with van der Waals surface area (Å²) in [6.45, 7) is 3.22. The lowest BCUT2D eigenvalue weighted by atomic mass is 10.1. The van der Waals surface area contributed by atoms with Gasteiger partial charge < -0.3 is 4.90 Å². The minimum Gasteiger partial charge on any atom is -0.374 e. The number of benzene rings is 1. The first-order valence-electron chi connectivity index (χ1n) is 6.47. The van der Waals surface area contributed by atoms with E-state index in [0.29, 0.717) is 0 Å². The third-order valence-electron chi connectivity index (χ3n) is 3.77. The molecule has 0 N–H and O–H groups in total. The number of rotatable bonds is 4. The summed E-state index contributed by atoms with van der Waals surface area (Å²) in [6, 6.07) is 5.93. The topological polar surface area (TPSA) is 20.3 Å². The molecule has 0 aromatic heterocycles. The van der Waals surface area contributed by atoms with Gasteiger partial charge in [-0.3, -0.25) is 4.79 Å². The third kappa shape index (κ3) is 2.87. The van der Waals surface area contributed by atoms with Crippen LogP contribution in [0.3, 0.4) is 0 Å². The van der Waals surface area contributed by atoms with Crippen LogP contribution in [0.1, 0.15) is 41.6 Å². The molecule has 0 atom stereocenters. The summed E-state index contributed by atoms with van der Waals surface area (Å²) < 4.78 is 0. The van der Waals surface area contributed by atoms with Gasteiger partial charge in [-0.2, -0.15) is 0 Å². The summed E-state index contributed by atoms with van der Waals surface area (Å²) in [6.07, 6.45) is 6.43. The van der Waals surface area contributed by atoms with Crippen LogP contribution in [0.5, 0.6) is 0 Å². The largest absolute Gasteiger partial charge is 0.374 e. The predicted octanol–water partition coefficient (Wildman–Crippen LogP) is 3.43. The van der Waals surface area contributed by atoms with Crippen LogP contribution in [-0.2, 0) is 0 Å². The highest BCUT2D eigenvalue weighted by atomic mass is 16.1. The van der Waals surface area contributed by atoms with Crippen LogP contribution in [-0.4, -0.2) is 19.9 Å². The molecule has 17 heavy (non-hydrogen) atoms. The molecule has 1 aliphatic carbocycles. The van der Waals surface area contributed by atoms with E-state index in [4.69, 9.17) is 0 Å². The monoisotopic (exact) mass is 231 g/mol. The van der Waals surface area contributed by atoms with Crippen molar-refractivity contribution >= 4 is 12.0 Å². The van der Waals surface area contributed by atoms with Gasteiger partial charge in [0.2, 0.25) is 0 Å². The molecular formula is C15H21NO. The molecule has 1 fully saturated rings. The highest BCUT2D eigenvalue weighted by molar-refractivity contribution is 5.76. The summed E-state index contributed by atoms with van der Waals surface area (Å²) in [7, 11) is 2.15. The molecular weight excluding hydrogens is 210 g/mol. The summed E-state index contributed by atoms with van der Waals surface area (Å²) >= 11 is 0. The molecule has 2 nitrogen and oxygen atoms in total. The van der Waals surface area contributed by atoms with Crippen LogP contribution in [0, 0.1) is 12.8 Å². The lowest BCUT2D eigenvalue weighted by Gasteiger charge is -2.24. The van der Waals surface area contributed by atoms with E-state index < -0.39 is 0 Å². The number of anilines is 1. The number of aldehydes is 1. The van der Waals surface area contributed by atoms with Gasteiger partial charge in [0.15, 0.2) is 0 Å². The second-order valence-electron chi connectivity index (χ2n) is 5.19. The molecule has 0 unspecified atom stereocenters. The zero-order valence-electron chi connectivity index (χ0n) is 10.8. The first-order chi connectivity index (χ1) is 8.20. The molecule has 0 bridgehead atoms. The maximum Gasteiger partial charge on any atom is 0.150 e. The smallest absolute Gasteiger partial charge is 0.150 e. The zero-order valence-corrected chi connectivity index (χ0v) is 10.8.